The van der Waals surface area contributed by atoms with E-state index in [-0.39, 0.29) is 0 Å². The van der Waals surface area contributed by atoms with E-state index in [0.29, 0.717) is 17.1 Å². The van der Waals surface area contributed by atoms with Gasteiger partial charge in [0.2, 0.25) is 0 Å². The number of aliphatic hydroxyl groups excluding tert-OH is 3. The molecule has 8 nitrogen and oxygen atoms in total. The number of rotatable bonds is 5. The molecule has 6 atom stereocenters. The van der Waals surface area contributed by atoms with Gasteiger partial charge in [-0.15, -0.1) is 0 Å². The lowest BCUT2D eigenvalue weighted by Crippen LogP contribution is -2.69. The minimum atomic E-state index is -1.36. The van der Waals surface area contributed by atoms with Crippen molar-refractivity contribution in [1.29, 1.82) is 0 Å². The molecule has 1 aromatic heterocycles. The predicted molar refractivity (Wildman–Crippen MR) is 109 cm³/mol. The SMILES string of the molecule is COc1cc(=O)oc(/C=C/C=C/C=C/[C@@]2(C)O[C@]3(C)[C@@H](O)[C@@](C)(O[C@@H]3O)[C@H]2O)c1C. The molecule has 0 unspecified atom stereocenters. The van der Waals surface area contributed by atoms with Crippen molar-refractivity contribution in [3.8, 4) is 5.75 Å². The van der Waals surface area contributed by atoms with Crippen LogP contribution in [0.3, 0.4) is 0 Å². The van der Waals surface area contributed by atoms with E-state index in [9.17, 15) is 20.1 Å². The summed E-state index contributed by atoms with van der Waals surface area (Å²) in [6.07, 6.45) is 6.32. The summed E-state index contributed by atoms with van der Waals surface area (Å²) in [6.45, 7) is 6.55. The van der Waals surface area contributed by atoms with E-state index >= 15 is 0 Å². The largest absolute Gasteiger partial charge is 0.496 e. The maximum absolute atomic E-state index is 11.6. The Balaban J connectivity index is 1.74. The van der Waals surface area contributed by atoms with Crippen LogP contribution in [-0.4, -0.2) is 57.7 Å². The summed E-state index contributed by atoms with van der Waals surface area (Å²) >= 11 is 0. The lowest BCUT2D eigenvalue weighted by Gasteiger charge is -2.50. The maximum Gasteiger partial charge on any atom is 0.339 e. The number of methoxy groups -OCH3 is 1. The highest BCUT2D eigenvalue weighted by Gasteiger charge is 2.71. The molecule has 0 aromatic carbocycles. The molecule has 30 heavy (non-hydrogen) atoms. The van der Waals surface area contributed by atoms with Gasteiger partial charge in [0.25, 0.3) is 0 Å². The molecule has 2 aliphatic rings. The Morgan fingerprint density at radius 3 is 2.37 bits per heavy atom. The molecule has 3 rings (SSSR count). The van der Waals surface area contributed by atoms with E-state index in [0.717, 1.165) is 0 Å². The summed E-state index contributed by atoms with van der Waals surface area (Å²) in [5.41, 5.74) is -3.71. The van der Waals surface area contributed by atoms with Crippen LogP contribution in [0.4, 0.5) is 0 Å². The summed E-state index contributed by atoms with van der Waals surface area (Å²) in [5, 5.41) is 31.4. The Labute approximate surface area is 174 Å². The van der Waals surface area contributed by atoms with Gasteiger partial charge in [-0.1, -0.05) is 30.4 Å². The summed E-state index contributed by atoms with van der Waals surface area (Å²) in [4.78, 5) is 11.6. The summed E-state index contributed by atoms with van der Waals surface area (Å²) in [7, 11) is 1.48. The van der Waals surface area contributed by atoms with Gasteiger partial charge in [-0.05, 0) is 33.8 Å². The number of aliphatic hydroxyl groups is 3. The minimum Gasteiger partial charge on any atom is -0.496 e. The molecular weight excluding hydrogens is 392 g/mol. The molecule has 2 bridgehead atoms. The van der Waals surface area contributed by atoms with Crippen LogP contribution in [-0.2, 0) is 9.47 Å². The Morgan fingerprint density at radius 1 is 1.03 bits per heavy atom. The van der Waals surface area contributed by atoms with Gasteiger partial charge in [0.15, 0.2) is 6.29 Å². The second kappa shape index (κ2) is 7.79. The molecular formula is C22H28O8. The molecule has 1 aromatic rings. The zero-order valence-corrected chi connectivity index (χ0v) is 17.7. The molecule has 0 saturated carbocycles. The molecule has 8 heteroatoms. The first kappa shape index (κ1) is 22.5. The fraction of sp³-hybridized carbons (Fsp3) is 0.500. The average Bonchev–Trinajstić information content (AvgIpc) is 2.82. The Hall–Kier alpha value is -2.23. The van der Waals surface area contributed by atoms with Crippen molar-refractivity contribution < 1.29 is 33.9 Å². The highest BCUT2D eigenvalue weighted by Crippen LogP contribution is 2.51. The van der Waals surface area contributed by atoms with Crippen molar-refractivity contribution >= 4 is 6.08 Å². The molecule has 2 fully saturated rings. The van der Waals surface area contributed by atoms with Crippen LogP contribution in [0.15, 0.2) is 45.7 Å². The van der Waals surface area contributed by atoms with Crippen molar-refractivity contribution in [2.24, 2.45) is 0 Å². The van der Waals surface area contributed by atoms with Crippen molar-refractivity contribution in [1.82, 2.24) is 0 Å². The third-order valence-corrected chi connectivity index (χ3v) is 5.89. The van der Waals surface area contributed by atoms with Crippen molar-refractivity contribution in [3.63, 3.8) is 0 Å². The quantitative estimate of drug-likeness (QED) is 0.613. The van der Waals surface area contributed by atoms with E-state index < -0.39 is 40.9 Å². The van der Waals surface area contributed by atoms with E-state index in [4.69, 9.17) is 18.6 Å². The van der Waals surface area contributed by atoms with E-state index in [1.165, 1.54) is 13.2 Å². The van der Waals surface area contributed by atoms with Gasteiger partial charge in [-0.25, -0.2) is 4.79 Å². The molecule has 0 aliphatic carbocycles. The molecule has 3 N–H and O–H groups in total. The first-order chi connectivity index (χ1) is 14.0. The number of fused-ring (bicyclic) bond motifs is 2. The first-order valence-electron chi connectivity index (χ1n) is 9.61. The van der Waals surface area contributed by atoms with E-state index in [1.807, 2.05) is 0 Å². The van der Waals surface area contributed by atoms with Gasteiger partial charge in [-0.3, -0.25) is 0 Å². The monoisotopic (exact) mass is 420 g/mol. The zero-order chi connectivity index (χ0) is 22.3. The van der Waals surface area contributed by atoms with Gasteiger partial charge in [0, 0.05) is 5.56 Å². The molecule has 0 amide bonds. The van der Waals surface area contributed by atoms with Gasteiger partial charge in [-0.2, -0.15) is 0 Å². The number of ether oxygens (including phenoxy) is 3. The molecule has 2 aliphatic heterocycles. The Kier molecular flexibility index (Phi) is 5.83. The van der Waals surface area contributed by atoms with Crippen LogP contribution in [0.5, 0.6) is 5.75 Å². The predicted octanol–water partition coefficient (Wildman–Crippen LogP) is 1.46. The van der Waals surface area contributed by atoms with E-state index in [1.54, 1.807) is 64.2 Å². The normalized spacial score (nSPS) is 38.9. The van der Waals surface area contributed by atoms with Crippen LogP contribution in [0.25, 0.3) is 6.08 Å². The summed E-state index contributed by atoms with van der Waals surface area (Å²) in [6, 6.07) is 1.28. The summed E-state index contributed by atoms with van der Waals surface area (Å²) in [5.74, 6) is 0.845. The first-order valence-corrected chi connectivity index (χ1v) is 9.61. The highest BCUT2D eigenvalue weighted by molar-refractivity contribution is 5.52. The number of allylic oxidation sites excluding steroid dienone is 4. The van der Waals surface area contributed by atoms with E-state index in [2.05, 4.69) is 0 Å². The Morgan fingerprint density at radius 2 is 1.70 bits per heavy atom. The van der Waals surface area contributed by atoms with Crippen LogP contribution >= 0.6 is 0 Å². The fourth-order valence-electron chi connectivity index (χ4n) is 4.11. The molecule has 3 heterocycles. The summed E-state index contributed by atoms with van der Waals surface area (Å²) < 4.78 is 21.7. The van der Waals surface area contributed by atoms with Crippen LogP contribution < -0.4 is 10.4 Å². The fourth-order valence-corrected chi connectivity index (χ4v) is 4.11. The number of hydrogen-bond donors (Lipinski definition) is 3. The smallest absolute Gasteiger partial charge is 0.339 e. The minimum absolute atomic E-state index is 0.392. The molecule has 0 radical (unpaired) electrons. The van der Waals surface area contributed by atoms with Gasteiger partial charge in [0.1, 0.15) is 40.5 Å². The maximum atomic E-state index is 11.6. The average molecular weight is 420 g/mol. The standard InChI is InChI=1S/C22H28O8/c1-13-14(28-16(23)12-15(13)27-5)10-8-6-7-9-11-20(2)17(24)21(3)18(25)22(4,30-20)19(26)29-21/h6-12,17-19,24-26H,1-5H3/b7-6+,10-8+,11-9+/t17-,18-,19-,20+,21-,22+/m0/s1. The lowest BCUT2D eigenvalue weighted by atomic mass is 9.74. The van der Waals surface area contributed by atoms with Crippen molar-refractivity contribution in [2.75, 3.05) is 7.11 Å². The third-order valence-electron chi connectivity index (χ3n) is 5.89. The second-order valence-electron chi connectivity index (χ2n) is 8.16. The van der Waals surface area contributed by atoms with Crippen LogP contribution in [0.2, 0.25) is 0 Å². The van der Waals surface area contributed by atoms with Crippen LogP contribution in [0.1, 0.15) is 32.1 Å². The zero-order valence-electron chi connectivity index (χ0n) is 17.7. The van der Waals surface area contributed by atoms with Crippen molar-refractivity contribution in [2.45, 2.75) is 63.0 Å². The highest BCUT2D eigenvalue weighted by atomic mass is 16.7. The second-order valence-corrected chi connectivity index (χ2v) is 8.16. The number of hydrogen-bond acceptors (Lipinski definition) is 8. The molecule has 164 valence electrons. The van der Waals surface area contributed by atoms with Gasteiger partial charge >= 0.3 is 5.63 Å². The van der Waals surface area contributed by atoms with Gasteiger partial charge in [0.05, 0.1) is 13.2 Å². The topological polar surface area (TPSA) is 119 Å². The van der Waals surface area contributed by atoms with Gasteiger partial charge < -0.3 is 33.9 Å². The Bertz CT molecular complexity index is 947. The lowest BCUT2D eigenvalue weighted by molar-refractivity contribution is -0.264. The van der Waals surface area contributed by atoms with Crippen molar-refractivity contribution in [3.05, 3.63) is 58.2 Å². The van der Waals surface area contributed by atoms with Crippen LogP contribution in [0, 0.1) is 6.92 Å². The molecule has 2 saturated heterocycles. The molecule has 0 spiro atoms. The third kappa shape index (κ3) is 3.55.